The van der Waals surface area contributed by atoms with E-state index in [1.165, 1.54) is 30.5 Å². The van der Waals surface area contributed by atoms with Gasteiger partial charge < -0.3 is 9.88 Å². The Labute approximate surface area is 119 Å². The first-order valence-corrected chi connectivity index (χ1v) is 8.32. The lowest BCUT2D eigenvalue weighted by atomic mass is 10.2. The Bertz CT molecular complexity index is 507. The first-order valence-electron chi connectivity index (χ1n) is 6.93. The van der Waals surface area contributed by atoms with Gasteiger partial charge in [-0.25, -0.2) is 4.98 Å². The van der Waals surface area contributed by atoms with Gasteiger partial charge in [0.2, 0.25) is 0 Å². The molecule has 0 aliphatic carbocycles. The Balaban J connectivity index is 1.77. The fourth-order valence-electron chi connectivity index (χ4n) is 2.23. The molecule has 2 aromatic rings. The third kappa shape index (κ3) is 3.98. The number of unbranched alkanes of at least 4 members (excludes halogenated alkanes) is 2. The summed E-state index contributed by atoms with van der Waals surface area (Å²) in [4.78, 5) is 4.66. The maximum atomic E-state index is 4.66. The highest BCUT2D eigenvalue weighted by atomic mass is 32.2. The highest BCUT2D eigenvalue weighted by Crippen LogP contribution is 2.13. The lowest BCUT2D eigenvalue weighted by Gasteiger charge is -2.05. The zero-order valence-corrected chi connectivity index (χ0v) is 12.7. The number of para-hydroxylation sites is 2. The van der Waals surface area contributed by atoms with Gasteiger partial charge in [0.05, 0.1) is 17.6 Å². The average Bonchev–Trinajstić information content (AvgIpc) is 2.75. The Hall–Kier alpha value is -1.00. The second-order valence-electron chi connectivity index (χ2n) is 4.81. The molecule has 1 aromatic heterocycles. The molecule has 4 heteroatoms. The number of hydrogen-bond donors (Lipinski definition) is 1. The van der Waals surface area contributed by atoms with Crippen molar-refractivity contribution in [2.24, 2.45) is 7.05 Å². The molecule has 2 rings (SSSR count). The fraction of sp³-hybridized carbons (Fsp3) is 0.533. The predicted molar refractivity (Wildman–Crippen MR) is 84.7 cm³/mol. The first kappa shape index (κ1) is 14.4. The van der Waals surface area contributed by atoms with Crippen LogP contribution in [-0.2, 0) is 13.6 Å². The molecule has 1 N–H and O–H groups in total. The van der Waals surface area contributed by atoms with Crippen LogP contribution < -0.4 is 5.32 Å². The SMILES string of the molecule is CSCCCCCNCc1nc2ccccc2n1C. The average molecular weight is 277 g/mol. The van der Waals surface area contributed by atoms with E-state index in [-0.39, 0.29) is 0 Å². The van der Waals surface area contributed by atoms with E-state index in [1.807, 2.05) is 17.8 Å². The van der Waals surface area contributed by atoms with E-state index >= 15 is 0 Å². The summed E-state index contributed by atoms with van der Waals surface area (Å²) in [6, 6.07) is 8.29. The Morgan fingerprint density at radius 1 is 1.21 bits per heavy atom. The molecule has 0 spiro atoms. The standard InChI is InChI=1S/C15H23N3S/c1-18-14-9-5-4-8-13(14)17-15(18)12-16-10-6-3-7-11-19-2/h4-5,8-9,16H,3,6-7,10-12H2,1-2H3. The molecule has 3 nitrogen and oxygen atoms in total. The zero-order valence-electron chi connectivity index (χ0n) is 11.9. The summed E-state index contributed by atoms with van der Waals surface area (Å²) in [5.74, 6) is 2.40. The van der Waals surface area contributed by atoms with Gasteiger partial charge >= 0.3 is 0 Å². The Morgan fingerprint density at radius 2 is 2.05 bits per heavy atom. The number of aryl methyl sites for hydroxylation is 1. The summed E-state index contributed by atoms with van der Waals surface area (Å²) in [5, 5.41) is 3.49. The van der Waals surface area contributed by atoms with Crippen LogP contribution in [0.15, 0.2) is 24.3 Å². The molecule has 0 unspecified atom stereocenters. The van der Waals surface area contributed by atoms with Crippen molar-refractivity contribution < 1.29 is 0 Å². The van der Waals surface area contributed by atoms with E-state index in [4.69, 9.17) is 0 Å². The van der Waals surface area contributed by atoms with Gasteiger partial charge in [-0.05, 0) is 43.5 Å². The summed E-state index contributed by atoms with van der Waals surface area (Å²) < 4.78 is 2.18. The summed E-state index contributed by atoms with van der Waals surface area (Å²) in [6.45, 7) is 1.94. The van der Waals surface area contributed by atoms with Crippen molar-refractivity contribution in [3.63, 3.8) is 0 Å². The van der Waals surface area contributed by atoms with Gasteiger partial charge in [-0.15, -0.1) is 0 Å². The number of imidazole rings is 1. The van der Waals surface area contributed by atoms with Gasteiger partial charge in [0.1, 0.15) is 5.82 Å². The number of rotatable bonds is 8. The molecule has 0 atom stereocenters. The Morgan fingerprint density at radius 3 is 2.84 bits per heavy atom. The van der Waals surface area contributed by atoms with Gasteiger partial charge in [-0.3, -0.25) is 0 Å². The van der Waals surface area contributed by atoms with Crippen LogP contribution in [0.2, 0.25) is 0 Å². The molecule has 0 saturated heterocycles. The van der Waals surface area contributed by atoms with Crippen molar-refractivity contribution in [3.05, 3.63) is 30.1 Å². The van der Waals surface area contributed by atoms with Gasteiger partial charge in [0.25, 0.3) is 0 Å². The quantitative estimate of drug-likeness (QED) is 0.752. The molecule has 104 valence electrons. The third-order valence-electron chi connectivity index (χ3n) is 3.36. The number of nitrogens with zero attached hydrogens (tertiary/aromatic N) is 2. The third-order valence-corrected chi connectivity index (χ3v) is 4.06. The molecular weight excluding hydrogens is 254 g/mol. The molecule has 0 aliphatic rings. The van der Waals surface area contributed by atoms with E-state index in [9.17, 15) is 0 Å². The van der Waals surface area contributed by atoms with Crippen LogP contribution in [-0.4, -0.2) is 28.1 Å². The molecule has 1 aromatic carbocycles. The number of benzene rings is 1. The largest absolute Gasteiger partial charge is 0.330 e. The van der Waals surface area contributed by atoms with Crippen molar-refractivity contribution in [1.82, 2.24) is 14.9 Å². The van der Waals surface area contributed by atoms with Crippen molar-refractivity contribution in [3.8, 4) is 0 Å². The summed E-state index contributed by atoms with van der Waals surface area (Å²) in [5.41, 5.74) is 2.29. The van der Waals surface area contributed by atoms with Crippen molar-refractivity contribution in [2.75, 3.05) is 18.6 Å². The minimum atomic E-state index is 0.855. The number of aromatic nitrogens is 2. The second-order valence-corrected chi connectivity index (χ2v) is 5.79. The fourth-order valence-corrected chi connectivity index (χ4v) is 2.72. The number of nitrogens with one attached hydrogen (secondary N) is 1. The lowest BCUT2D eigenvalue weighted by Crippen LogP contribution is -2.17. The smallest absolute Gasteiger partial charge is 0.123 e. The Kier molecular flexibility index (Phi) is 5.73. The summed E-state index contributed by atoms with van der Waals surface area (Å²) >= 11 is 1.93. The topological polar surface area (TPSA) is 29.9 Å². The van der Waals surface area contributed by atoms with Crippen LogP contribution in [0.1, 0.15) is 25.1 Å². The van der Waals surface area contributed by atoms with E-state index < -0.39 is 0 Å². The van der Waals surface area contributed by atoms with Crippen LogP contribution in [0.25, 0.3) is 11.0 Å². The van der Waals surface area contributed by atoms with Crippen LogP contribution in [0.4, 0.5) is 0 Å². The molecule has 0 bridgehead atoms. The highest BCUT2D eigenvalue weighted by molar-refractivity contribution is 7.98. The highest BCUT2D eigenvalue weighted by Gasteiger charge is 2.05. The molecule has 0 aliphatic heterocycles. The summed E-state index contributed by atoms with van der Waals surface area (Å²) in [7, 11) is 2.09. The summed E-state index contributed by atoms with van der Waals surface area (Å²) in [6.07, 6.45) is 6.07. The monoisotopic (exact) mass is 277 g/mol. The van der Waals surface area contributed by atoms with Crippen molar-refractivity contribution in [1.29, 1.82) is 0 Å². The molecule has 1 heterocycles. The van der Waals surface area contributed by atoms with Crippen LogP contribution in [0, 0.1) is 0 Å². The van der Waals surface area contributed by atoms with Crippen LogP contribution in [0.3, 0.4) is 0 Å². The van der Waals surface area contributed by atoms with Gasteiger partial charge in [0, 0.05) is 7.05 Å². The number of fused-ring (bicyclic) bond motifs is 1. The molecule has 0 saturated carbocycles. The van der Waals surface area contributed by atoms with E-state index in [0.717, 1.165) is 24.4 Å². The van der Waals surface area contributed by atoms with Crippen molar-refractivity contribution >= 4 is 22.8 Å². The minimum Gasteiger partial charge on any atom is -0.330 e. The van der Waals surface area contributed by atoms with E-state index in [1.54, 1.807) is 0 Å². The van der Waals surface area contributed by atoms with Gasteiger partial charge in [0.15, 0.2) is 0 Å². The van der Waals surface area contributed by atoms with Crippen LogP contribution in [0.5, 0.6) is 0 Å². The van der Waals surface area contributed by atoms with E-state index in [2.05, 4.69) is 46.4 Å². The molecule has 0 radical (unpaired) electrons. The number of hydrogen-bond acceptors (Lipinski definition) is 3. The second kappa shape index (κ2) is 7.56. The molecular formula is C15H23N3S. The zero-order chi connectivity index (χ0) is 13.5. The molecule has 0 amide bonds. The predicted octanol–water partition coefficient (Wildman–Crippen LogP) is 3.20. The van der Waals surface area contributed by atoms with E-state index in [0.29, 0.717) is 0 Å². The number of thioether (sulfide) groups is 1. The minimum absolute atomic E-state index is 0.855. The van der Waals surface area contributed by atoms with Crippen molar-refractivity contribution in [2.45, 2.75) is 25.8 Å². The van der Waals surface area contributed by atoms with Crippen LogP contribution >= 0.6 is 11.8 Å². The van der Waals surface area contributed by atoms with Gasteiger partial charge in [-0.2, -0.15) is 11.8 Å². The maximum absolute atomic E-state index is 4.66. The lowest BCUT2D eigenvalue weighted by molar-refractivity contribution is 0.595. The van der Waals surface area contributed by atoms with Gasteiger partial charge in [-0.1, -0.05) is 18.6 Å². The maximum Gasteiger partial charge on any atom is 0.123 e. The molecule has 19 heavy (non-hydrogen) atoms. The molecule has 0 fully saturated rings. The first-order chi connectivity index (χ1) is 9.33. The normalized spacial score (nSPS) is 11.3.